The van der Waals surface area contributed by atoms with Gasteiger partial charge in [0.25, 0.3) is 0 Å². The zero-order chi connectivity index (χ0) is 17.6. The SMILES string of the molecule is C[Si](C)(C)C#Cc1cnc(NCc2ccc(NC(=O)O)cc2)cn1. The molecule has 6 nitrogen and oxygen atoms in total. The van der Waals surface area contributed by atoms with Crippen LogP contribution >= 0.6 is 0 Å². The lowest BCUT2D eigenvalue weighted by Crippen LogP contribution is -2.16. The highest BCUT2D eigenvalue weighted by atomic mass is 28.3. The average Bonchev–Trinajstić information content (AvgIpc) is 2.52. The third kappa shape index (κ3) is 6.10. The second-order valence-corrected chi connectivity index (χ2v) is 11.0. The average molecular weight is 340 g/mol. The van der Waals surface area contributed by atoms with Crippen LogP contribution < -0.4 is 10.6 Å². The van der Waals surface area contributed by atoms with Crippen molar-refractivity contribution in [2.24, 2.45) is 0 Å². The molecule has 0 radical (unpaired) electrons. The van der Waals surface area contributed by atoms with Crippen LogP contribution in [0.15, 0.2) is 36.7 Å². The lowest BCUT2D eigenvalue weighted by molar-refractivity contribution is 0.210. The zero-order valence-electron chi connectivity index (χ0n) is 13.9. The summed E-state index contributed by atoms with van der Waals surface area (Å²) in [4.78, 5) is 19.1. The van der Waals surface area contributed by atoms with Crippen LogP contribution in [-0.2, 0) is 6.54 Å². The molecular weight excluding hydrogens is 320 g/mol. The van der Waals surface area contributed by atoms with Gasteiger partial charge in [0.15, 0.2) is 0 Å². The number of nitrogens with zero attached hydrogens (tertiary/aromatic N) is 2. The van der Waals surface area contributed by atoms with Gasteiger partial charge in [-0.1, -0.05) is 37.7 Å². The van der Waals surface area contributed by atoms with Crippen molar-refractivity contribution in [1.82, 2.24) is 9.97 Å². The van der Waals surface area contributed by atoms with E-state index in [-0.39, 0.29) is 0 Å². The van der Waals surface area contributed by atoms with Crippen molar-refractivity contribution < 1.29 is 9.90 Å². The standard InChI is InChI=1S/C17H20N4O2Si/c1-24(2,3)9-8-15-11-20-16(12-18-15)19-10-13-4-6-14(7-5-13)21-17(22)23/h4-7,11-12,21H,10H2,1-3H3,(H,19,20)(H,22,23). The molecule has 0 bridgehead atoms. The summed E-state index contributed by atoms with van der Waals surface area (Å²) in [5.41, 5.74) is 5.47. The number of anilines is 2. The predicted octanol–water partition coefficient (Wildman–Crippen LogP) is 3.41. The van der Waals surface area contributed by atoms with Gasteiger partial charge < -0.3 is 10.4 Å². The van der Waals surface area contributed by atoms with E-state index in [1.165, 1.54) is 0 Å². The Bertz CT molecular complexity index is 756. The van der Waals surface area contributed by atoms with Gasteiger partial charge in [0.1, 0.15) is 19.6 Å². The maximum atomic E-state index is 10.5. The topological polar surface area (TPSA) is 87.1 Å². The van der Waals surface area contributed by atoms with Crippen molar-refractivity contribution in [3.8, 4) is 11.5 Å². The van der Waals surface area contributed by atoms with Crippen LogP contribution in [0.25, 0.3) is 0 Å². The zero-order valence-corrected chi connectivity index (χ0v) is 14.9. The normalized spacial score (nSPS) is 10.5. The molecule has 1 aromatic heterocycles. The molecule has 0 fully saturated rings. The summed E-state index contributed by atoms with van der Waals surface area (Å²) < 4.78 is 0. The Hall–Kier alpha value is -2.85. The van der Waals surface area contributed by atoms with Crippen LogP contribution in [-0.4, -0.2) is 29.2 Å². The minimum atomic E-state index is -1.41. The van der Waals surface area contributed by atoms with Crippen LogP contribution in [0.5, 0.6) is 0 Å². The van der Waals surface area contributed by atoms with Crippen molar-refractivity contribution in [2.75, 3.05) is 10.6 Å². The molecule has 0 aliphatic heterocycles. The third-order valence-corrected chi connectivity index (χ3v) is 3.77. The maximum Gasteiger partial charge on any atom is 0.409 e. The predicted molar refractivity (Wildman–Crippen MR) is 97.7 cm³/mol. The number of amides is 1. The molecular formula is C17H20N4O2Si. The molecule has 24 heavy (non-hydrogen) atoms. The molecule has 0 aliphatic carbocycles. The first-order chi connectivity index (χ1) is 11.3. The molecule has 1 heterocycles. The van der Waals surface area contributed by atoms with Gasteiger partial charge in [-0.25, -0.2) is 14.8 Å². The number of nitrogens with one attached hydrogen (secondary N) is 2. The van der Waals surface area contributed by atoms with Crippen LogP contribution in [0.3, 0.4) is 0 Å². The van der Waals surface area contributed by atoms with Gasteiger partial charge in [-0.3, -0.25) is 5.32 Å². The summed E-state index contributed by atoms with van der Waals surface area (Å²) in [5, 5.41) is 14.1. The van der Waals surface area contributed by atoms with Crippen LogP contribution in [0, 0.1) is 11.5 Å². The van der Waals surface area contributed by atoms with Gasteiger partial charge in [-0.05, 0) is 17.7 Å². The highest BCUT2D eigenvalue weighted by Crippen LogP contribution is 2.11. The molecule has 1 aromatic carbocycles. The summed E-state index contributed by atoms with van der Waals surface area (Å²) in [6.45, 7) is 7.11. The molecule has 1 amide bonds. The Kier molecular flexibility index (Phi) is 5.55. The molecule has 7 heteroatoms. The summed E-state index contributed by atoms with van der Waals surface area (Å²) >= 11 is 0. The monoisotopic (exact) mass is 340 g/mol. The van der Waals surface area contributed by atoms with E-state index < -0.39 is 14.2 Å². The van der Waals surface area contributed by atoms with Gasteiger partial charge in [0, 0.05) is 12.2 Å². The highest BCUT2D eigenvalue weighted by molar-refractivity contribution is 6.83. The second kappa shape index (κ2) is 7.61. The number of hydrogen-bond acceptors (Lipinski definition) is 4. The Labute approximate surface area is 142 Å². The molecule has 0 saturated carbocycles. The van der Waals surface area contributed by atoms with Crippen molar-refractivity contribution in [3.63, 3.8) is 0 Å². The first-order valence-electron chi connectivity index (χ1n) is 7.50. The number of benzene rings is 1. The maximum absolute atomic E-state index is 10.5. The van der Waals surface area contributed by atoms with E-state index in [4.69, 9.17) is 5.11 Å². The Morgan fingerprint density at radius 2 is 1.88 bits per heavy atom. The molecule has 2 aromatic rings. The van der Waals surface area contributed by atoms with Crippen molar-refractivity contribution in [1.29, 1.82) is 0 Å². The third-order valence-electron chi connectivity index (χ3n) is 2.90. The Morgan fingerprint density at radius 3 is 2.42 bits per heavy atom. The van der Waals surface area contributed by atoms with Gasteiger partial charge in [-0.2, -0.15) is 0 Å². The molecule has 3 N–H and O–H groups in total. The first kappa shape index (κ1) is 17.5. The molecule has 0 atom stereocenters. The van der Waals surface area contributed by atoms with E-state index >= 15 is 0 Å². The number of aromatic nitrogens is 2. The lowest BCUT2D eigenvalue weighted by Gasteiger charge is -2.07. The van der Waals surface area contributed by atoms with E-state index in [9.17, 15) is 4.79 Å². The van der Waals surface area contributed by atoms with Gasteiger partial charge in [-0.15, -0.1) is 5.54 Å². The lowest BCUT2D eigenvalue weighted by atomic mass is 10.2. The van der Waals surface area contributed by atoms with Crippen molar-refractivity contribution in [3.05, 3.63) is 47.9 Å². The smallest absolute Gasteiger partial charge is 0.409 e. The number of carboxylic acid groups (broad SMARTS) is 1. The Balaban J connectivity index is 1.92. The van der Waals surface area contributed by atoms with E-state index in [2.05, 4.69) is 51.7 Å². The molecule has 0 saturated heterocycles. The quantitative estimate of drug-likeness (QED) is 0.586. The fourth-order valence-corrected chi connectivity index (χ4v) is 2.26. The first-order valence-corrected chi connectivity index (χ1v) is 11.0. The van der Waals surface area contributed by atoms with E-state index in [1.54, 1.807) is 24.5 Å². The summed E-state index contributed by atoms with van der Waals surface area (Å²) in [6, 6.07) is 7.12. The van der Waals surface area contributed by atoms with Crippen molar-refractivity contribution in [2.45, 2.75) is 26.2 Å². The van der Waals surface area contributed by atoms with Gasteiger partial charge in [0.05, 0.1) is 12.4 Å². The largest absolute Gasteiger partial charge is 0.465 e. The minimum absolute atomic E-state index is 0.538. The van der Waals surface area contributed by atoms with Crippen LogP contribution in [0.4, 0.5) is 16.3 Å². The molecule has 0 spiro atoms. The highest BCUT2D eigenvalue weighted by Gasteiger charge is 2.07. The number of rotatable bonds is 4. The molecule has 0 unspecified atom stereocenters. The van der Waals surface area contributed by atoms with Crippen molar-refractivity contribution >= 4 is 25.7 Å². The van der Waals surface area contributed by atoms with E-state index in [1.807, 2.05) is 12.1 Å². The van der Waals surface area contributed by atoms with Gasteiger partial charge >= 0.3 is 6.09 Å². The van der Waals surface area contributed by atoms with E-state index in [0.29, 0.717) is 23.7 Å². The van der Waals surface area contributed by atoms with Gasteiger partial charge in [0.2, 0.25) is 0 Å². The van der Waals surface area contributed by atoms with Crippen LogP contribution in [0.1, 0.15) is 11.3 Å². The number of hydrogen-bond donors (Lipinski definition) is 3. The molecule has 124 valence electrons. The van der Waals surface area contributed by atoms with Crippen LogP contribution in [0.2, 0.25) is 19.6 Å². The second-order valence-electron chi connectivity index (χ2n) is 6.27. The fourth-order valence-electron chi connectivity index (χ4n) is 1.76. The fraction of sp³-hybridized carbons (Fsp3) is 0.235. The number of carbonyl (C=O) groups is 1. The minimum Gasteiger partial charge on any atom is -0.465 e. The molecule has 2 rings (SSSR count). The summed E-state index contributed by atoms with van der Waals surface area (Å²) in [5.74, 6) is 3.73. The van der Waals surface area contributed by atoms with E-state index in [0.717, 1.165) is 5.56 Å². The molecule has 0 aliphatic rings. The summed E-state index contributed by atoms with van der Waals surface area (Å²) in [6.07, 6.45) is 2.25. The summed E-state index contributed by atoms with van der Waals surface area (Å²) in [7, 11) is -1.41. The Morgan fingerprint density at radius 1 is 1.17 bits per heavy atom.